The van der Waals surface area contributed by atoms with Gasteiger partial charge in [-0.1, -0.05) is 26.8 Å². The van der Waals surface area contributed by atoms with Crippen LogP contribution in [0.1, 0.15) is 65.7 Å². The zero-order valence-corrected chi connectivity index (χ0v) is 19.9. The van der Waals surface area contributed by atoms with Gasteiger partial charge in [-0.2, -0.15) is 0 Å². The quantitative estimate of drug-likeness (QED) is 0.382. The van der Waals surface area contributed by atoms with Crippen molar-refractivity contribution in [3.8, 4) is 0 Å². The molecule has 2 heterocycles. The minimum absolute atomic E-state index is 0.238. The smallest absolute Gasteiger partial charge is 0.328 e. The Bertz CT molecular complexity index is 566. The van der Waals surface area contributed by atoms with Crippen LogP contribution in [0, 0.1) is 5.92 Å². The van der Waals surface area contributed by atoms with Crippen LogP contribution in [0.5, 0.6) is 0 Å². The summed E-state index contributed by atoms with van der Waals surface area (Å²) in [6.07, 6.45) is 6.97. The maximum atomic E-state index is 12.7. The number of nitrogens with zero attached hydrogens (tertiary/aromatic N) is 1. The highest BCUT2D eigenvalue weighted by Crippen LogP contribution is 2.31. The molecule has 0 bridgehead atoms. The average Bonchev–Trinajstić information content (AvgIpc) is 2.79. The van der Waals surface area contributed by atoms with E-state index in [2.05, 4.69) is 18.2 Å². The van der Waals surface area contributed by atoms with E-state index in [4.69, 9.17) is 9.47 Å². The van der Waals surface area contributed by atoms with Crippen LogP contribution in [0.3, 0.4) is 0 Å². The number of hydrogen-bond acceptors (Lipinski definition) is 7. The highest BCUT2D eigenvalue weighted by Gasteiger charge is 2.50. The molecule has 8 nitrogen and oxygen atoms in total. The summed E-state index contributed by atoms with van der Waals surface area (Å²) in [4.78, 5) is 38.7. The maximum Gasteiger partial charge on any atom is 0.328 e. The van der Waals surface area contributed by atoms with Gasteiger partial charge in [0.25, 0.3) is 11.7 Å². The first-order valence-electron chi connectivity index (χ1n) is 11.1. The number of piperidine rings is 1. The van der Waals surface area contributed by atoms with E-state index in [0.717, 1.165) is 19.3 Å². The molecule has 0 aliphatic carbocycles. The van der Waals surface area contributed by atoms with Gasteiger partial charge in [-0.3, -0.25) is 9.59 Å². The normalized spacial score (nSPS) is 25.2. The predicted octanol–water partition coefficient (Wildman–Crippen LogP) is 2.87. The second kappa shape index (κ2) is 15.9. The van der Waals surface area contributed by atoms with Crippen molar-refractivity contribution < 1.29 is 33.7 Å². The molecule has 0 spiro atoms. The molecule has 0 aromatic carbocycles. The molecule has 2 rings (SSSR count). The molecule has 0 aromatic rings. The van der Waals surface area contributed by atoms with Gasteiger partial charge in [-0.05, 0) is 44.9 Å². The lowest BCUT2D eigenvalue weighted by Crippen LogP contribution is -2.59. The first-order valence-corrected chi connectivity index (χ1v) is 11.1. The minimum Gasteiger partial charge on any atom is -0.464 e. The van der Waals surface area contributed by atoms with Gasteiger partial charge in [0.15, 0.2) is 0 Å². The summed E-state index contributed by atoms with van der Waals surface area (Å²) in [5.41, 5.74) is 0. The van der Waals surface area contributed by atoms with Crippen LogP contribution in [0.15, 0.2) is 12.7 Å². The van der Waals surface area contributed by atoms with Gasteiger partial charge in [0.05, 0.1) is 13.2 Å². The molecule has 3 atom stereocenters. The van der Waals surface area contributed by atoms with E-state index in [-0.39, 0.29) is 13.2 Å². The molecule has 31 heavy (non-hydrogen) atoms. The van der Waals surface area contributed by atoms with E-state index in [9.17, 15) is 19.5 Å². The molecule has 2 fully saturated rings. The number of esters is 1. The van der Waals surface area contributed by atoms with Crippen LogP contribution in [0.4, 0.5) is 0 Å². The van der Waals surface area contributed by atoms with Crippen molar-refractivity contribution >= 4 is 17.7 Å². The number of likely N-dealkylation sites (tertiary alicyclic amines) is 1. The summed E-state index contributed by atoms with van der Waals surface area (Å²) in [7, 11) is 3.25. The molecule has 0 saturated carbocycles. The molecular formula is C23H41NO7. The van der Waals surface area contributed by atoms with Crippen molar-refractivity contribution in [3.63, 3.8) is 0 Å². The van der Waals surface area contributed by atoms with Crippen LogP contribution in [0.25, 0.3) is 0 Å². The third-order valence-corrected chi connectivity index (χ3v) is 5.06. The number of rotatable bonds is 6. The first-order chi connectivity index (χ1) is 14.7. The molecule has 1 amide bonds. The van der Waals surface area contributed by atoms with Crippen molar-refractivity contribution in [2.24, 2.45) is 5.92 Å². The van der Waals surface area contributed by atoms with E-state index in [1.165, 1.54) is 4.90 Å². The third kappa shape index (κ3) is 9.09. The van der Waals surface area contributed by atoms with Crippen LogP contribution >= 0.6 is 0 Å². The lowest BCUT2D eigenvalue weighted by molar-refractivity contribution is -0.240. The van der Waals surface area contributed by atoms with E-state index >= 15 is 0 Å². The van der Waals surface area contributed by atoms with Gasteiger partial charge in [0, 0.05) is 26.7 Å². The molecular weight excluding hydrogens is 402 g/mol. The Morgan fingerprint density at radius 1 is 1.19 bits per heavy atom. The predicted molar refractivity (Wildman–Crippen MR) is 118 cm³/mol. The van der Waals surface area contributed by atoms with Crippen LogP contribution in [-0.4, -0.2) is 73.5 Å². The lowest BCUT2D eigenvalue weighted by atomic mass is 9.88. The summed E-state index contributed by atoms with van der Waals surface area (Å²) >= 11 is 0. The van der Waals surface area contributed by atoms with Crippen LogP contribution in [0.2, 0.25) is 0 Å². The number of carbonyl (C=O) groups is 3. The summed E-state index contributed by atoms with van der Waals surface area (Å²) in [5.74, 6) is -4.88. The summed E-state index contributed by atoms with van der Waals surface area (Å²) in [5, 5.41) is 10.5. The van der Waals surface area contributed by atoms with Crippen LogP contribution < -0.4 is 0 Å². The second-order valence-corrected chi connectivity index (χ2v) is 7.70. The second-order valence-electron chi connectivity index (χ2n) is 7.70. The van der Waals surface area contributed by atoms with Crippen LogP contribution in [-0.2, 0) is 28.6 Å². The highest BCUT2D eigenvalue weighted by molar-refractivity contribution is 6.39. The van der Waals surface area contributed by atoms with Gasteiger partial charge >= 0.3 is 5.97 Å². The number of methoxy groups -OCH3 is 1. The standard InChI is InChI=1S/C17H27NO6.C4H8.C2H6O/c1-3-10-23-16(21)13-8-4-5-9-18(13)15(20)14(19)17(22)12(2)7-6-11-24-17;1-3-4-2;1-3-2/h12-13,22H,3-11H2,1-2H3;3H,1,4H2,2H3;1-2H3. The Hall–Kier alpha value is -1.77. The molecule has 8 heteroatoms. The number of ketones is 1. The monoisotopic (exact) mass is 443 g/mol. The maximum absolute atomic E-state index is 12.7. The van der Waals surface area contributed by atoms with E-state index in [0.29, 0.717) is 32.2 Å². The SMILES string of the molecule is C=CCC.CCCOC(=O)C1CCCCN1C(=O)C(=O)C1(O)OCCCC1C.COC. The fourth-order valence-electron chi connectivity index (χ4n) is 3.25. The van der Waals surface area contributed by atoms with E-state index < -0.39 is 35.4 Å². The fourth-order valence-corrected chi connectivity index (χ4v) is 3.25. The zero-order valence-electron chi connectivity index (χ0n) is 19.9. The number of amides is 1. The third-order valence-electron chi connectivity index (χ3n) is 5.06. The van der Waals surface area contributed by atoms with Gasteiger partial charge in [0.2, 0.25) is 5.79 Å². The van der Waals surface area contributed by atoms with Gasteiger partial charge in [0.1, 0.15) is 6.04 Å². The van der Waals surface area contributed by atoms with Crippen molar-refractivity contribution in [1.82, 2.24) is 4.90 Å². The Morgan fingerprint density at radius 3 is 2.32 bits per heavy atom. The zero-order chi connectivity index (χ0) is 23.9. The van der Waals surface area contributed by atoms with Crippen molar-refractivity contribution in [3.05, 3.63) is 12.7 Å². The van der Waals surface area contributed by atoms with Gasteiger partial charge in [-0.25, -0.2) is 4.79 Å². The number of hydrogen-bond donors (Lipinski definition) is 1. The largest absolute Gasteiger partial charge is 0.464 e. The topological polar surface area (TPSA) is 102 Å². The van der Waals surface area contributed by atoms with E-state index in [1.807, 2.05) is 13.0 Å². The van der Waals surface area contributed by atoms with Gasteiger partial charge in [-0.15, -0.1) is 6.58 Å². The highest BCUT2D eigenvalue weighted by atomic mass is 16.6. The lowest BCUT2D eigenvalue weighted by Gasteiger charge is -2.39. The van der Waals surface area contributed by atoms with E-state index in [1.54, 1.807) is 21.1 Å². The molecule has 1 N–H and O–H groups in total. The molecule has 0 aromatic heterocycles. The van der Waals surface area contributed by atoms with Gasteiger partial charge < -0.3 is 24.2 Å². The first kappa shape index (κ1) is 29.2. The minimum atomic E-state index is -2.09. The molecule has 3 unspecified atom stereocenters. The fraction of sp³-hybridized carbons (Fsp3) is 0.783. The molecule has 2 aliphatic heterocycles. The molecule has 2 saturated heterocycles. The molecule has 0 radical (unpaired) electrons. The number of ether oxygens (including phenoxy) is 3. The van der Waals surface area contributed by atoms with Crippen molar-refractivity contribution in [2.75, 3.05) is 34.0 Å². The van der Waals surface area contributed by atoms with Crippen molar-refractivity contribution in [2.45, 2.75) is 77.5 Å². The van der Waals surface area contributed by atoms with Crippen molar-refractivity contribution in [1.29, 1.82) is 0 Å². The molecule has 2 aliphatic rings. The number of allylic oxidation sites excluding steroid dienone is 1. The number of Topliss-reactive ketones (excluding diaryl/α,β-unsaturated/α-hetero) is 1. The Morgan fingerprint density at radius 2 is 1.81 bits per heavy atom. The Kier molecular flexibility index (Phi) is 15.0. The Labute approximate surface area is 186 Å². The average molecular weight is 444 g/mol. The number of aliphatic hydroxyl groups is 1. The summed E-state index contributed by atoms with van der Waals surface area (Å²) in [6.45, 7) is 9.95. The Balaban J connectivity index is 0.00000113. The molecule has 180 valence electrons. The summed E-state index contributed by atoms with van der Waals surface area (Å²) in [6, 6.07) is -0.760. The number of carbonyl (C=O) groups excluding carboxylic acids is 3. The summed E-state index contributed by atoms with van der Waals surface area (Å²) < 4.78 is 14.6.